The van der Waals surface area contributed by atoms with Crippen molar-refractivity contribution >= 4 is 11.8 Å². The summed E-state index contributed by atoms with van der Waals surface area (Å²) in [6, 6.07) is 0.617. The van der Waals surface area contributed by atoms with Gasteiger partial charge in [-0.3, -0.25) is 9.59 Å². The van der Waals surface area contributed by atoms with Crippen LogP contribution in [0.1, 0.15) is 39.5 Å². The van der Waals surface area contributed by atoms with Crippen molar-refractivity contribution in [2.75, 3.05) is 13.1 Å². The molecule has 5 nitrogen and oxygen atoms in total. The highest BCUT2D eigenvalue weighted by atomic mass is 16.2. The molecule has 0 heterocycles. The van der Waals surface area contributed by atoms with E-state index in [2.05, 4.69) is 16.0 Å². The van der Waals surface area contributed by atoms with E-state index in [-0.39, 0.29) is 17.9 Å². The third-order valence-electron chi connectivity index (χ3n) is 2.45. The van der Waals surface area contributed by atoms with Crippen LogP contribution in [0.15, 0.2) is 0 Å². The zero-order chi connectivity index (χ0) is 12.7. The van der Waals surface area contributed by atoms with Gasteiger partial charge in [0.1, 0.15) is 0 Å². The van der Waals surface area contributed by atoms with Gasteiger partial charge in [0.05, 0.1) is 0 Å². The Morgan fingerprint density at radius 1 is 1.12 bits per heavy atom. The average Bonchev–Trinajstić information content (AvgIpc) is 2.99. The highest BCUT2D eigenvalue weighted by molar-refractivity contribution is 5.77. The molecule has 1 fully saturated rings. The Bertz CT molecular complexity index is 244. The molecule has 1 aliphatic carbocycles. The van der Waals surface area contributed by atoms with Crippen LogP contribution >= 0.6 is 0 Å². The molecule has 0 atom stereocenters. The zero-order valence-electron chi connectivity index (χ0n) is 10.7. The van der Waals surface area contributed by atoms with E-state index < -0.39 is 0 Å². The molecule has 0 bridgehead atoms. The highest BCUT2D eigenvalue weighted by Gasteiger charge is 2.22. The fourth-order valence-corrected chi connectivity index (χ4v) is 1.45. The maximum Gasteiger partial charge on any atom is 0.221 e. The third-order valence-corrected chi connectivity index (χ3v) is 2.45. The smallest absolute Gasteiger partial charge is 0.221 e. The Morgan fingerprint density at radius 2 is 1.71 bits per heavy atom. The van der Waals surface area contributed by atoms with Crippen LogP contribution < -0.4 is 16.0 Å². The van der Waals surface area contributed by atoms with Gasteiger partial charge in [-0.15, -0.1) is 0 Å². The van der Waals surface area contributed by atoms with Crippen molar-refractivity contribution in [3.05, 3.63) is 0 Å². The second-order valence-electron chi connectivity index (χ2n) is 4.81. The first-order valence-corrected chi connectivity index (χ1v) is 6.37. The van der Waals surface area contributed by atoms with E-state index in [4.69, 9.17) is 0 Å². The van der Waals surface area contributed by atoms with Crippen LogP contribution in [0.4, 0.5) is 0 Å². The Kier molecular flexibility index (Phi) is 5.97. The lowest BCUT2D eigenvalue weighted by molar-refractivity contribution is -0.121. The molecule has 2 amide bonds. The van der Waals surface area contributed by atoms with E-state index in [9.17, 15) is 9.59 Å². The highest BCUT2D eigenvalue weighted by Crippen LogP contribution is 2.18. The summed E-state index contributed by atoms with van der Waals surface area (Å²) in [7, 11) is 0. The number of rotatable bonds is 8. The Labute approximate surface area is 103 Å². The number of amides is 2. The maximum atomic E-state index is 11.3. The molecule has 0 aromatic carbocycles. The van der Waals surface area contributed by atoms with Crippen molar-refractivity contribution in [1.29, 1.82) is 0 Å². The van der Waals surface area contributed by atoms with E-state index in [1.807, 2.05) is 13.8 Å². The third kappa shape index (κ3) is 7.74. The maximum absolute atomic E-state index is 11.3. The van der Waals surface area contributed by atoms with Crippen LogP contribution in [-0.4, -0.2) is 37.0 Å². The van der Waals surface area contributed by atoms with Gasteiger partial charge >= 0.3 is 0 Å². The first-order valence-electron chi connectivity index (χ1n) is 6.37. The molecule has 1 saturated carbocycles. The number of hydrogen-bond donors (Lipinski definition) is 3. The summed E-state index contributed by atoms with van der Waals surface area (Å²) in [5.74, 6) is 0.154. The standard InChI is InChI=1S/C12H23N3O2/c1-9(2)14-11(16)5-7-13-8-6-12(17)15-10-3-4-10/h9-10,13H,3-8H2,1-2H3,(H,14,16)(H,15,17). The minimum absolute atomic E-state index is 0.0509. The van der Waals surface area contributed by atoms with Gasteiger partial charge in [0.25, 0.3) is 0 Å². The van der Waals surface area contributed by atoms with Crippen LogP contribution in [-0.2, 0) is 9.59 Å². The second kappa shape index (κ2) is 7.27. The van der Waals surface area contributed by atoms with Gasteiger partial charge in [-0.05, 0) is 26.7 Å². The lowest BCUT2D eigenvalue weighted by atomic mass is 10.3. The van der Waals surface area contributed by atoms with E-state index in [1.165, 1.54) is 0 Å². The first-order chi connectivity index (χ1) is 8.08. The normalized spacial score (nSPS) is 14.8. The molecule has 1 aliphatic rings. The molecule has 0 unspecified atom stereocenters. The van der Waals surface area contributed by atoms with E-state index >= 15 is 0 Å². The Balaban J connectivity index is 1.89. The molecular formula is C12H23N3O2. The molecule has 0 saturated heterocycles. The number of carbonyl (C=O) groups excluding carboxylic acids is 2. The van der Waals surface area contributed by atoms with E-state index in [0.717, 1.165) is 12.8 Å². The summed E-state index contributed by atoms with van der Waals surface area (Å²) in [6.07, 6.45) is 3.19. The van der Waals surface area contributed by atoms with Crippen molar-refractivity contribution in [3.8, 4) is 0 Å². The second-order valence-corrected chi connectivity index (χ2v) is 4.81. The minimum atomic E-state index is 0.0509. The lowest BCUT2D eigenvalue weighted by Crippen LogP contribution is -2.33. The topological polar surface area (TPSA) is 70.2 Å². The Morgan fingerprint density at radius 3 is 2.24 bits per heavy atom. The first kappa shape index (κ1) is 14.0. The number of nitrogens with one attached hydrogen (secondary N) is 3. The summed E-state index contributed by atoms with van der Waals surface area (Å²) in [5.41, 5.74) is 0. The van der Waals surface area contributed by atoms with Gasteiger partial charge in [0.2, 0.25) is 11.8 Å². The van der Waals surface area contributed by atoms with Gasteiger partial charge in [-0.1, -0.05) is 0 Å². The van der Waals surface area contributed by atoms with Crippen LogP contribution in [0.2, 0.25) is 0 Å². The van der Waals surface area contributed by atoms with Crippen molar-refractivity contribution in [2.45, 2.75) is 51.6 Å². The number of hydrogen-bond acceptors (Lipinski definition) is 3. The summed E-state index contributed by atoms with van der Waals surface area (Å²) >= 11 is 0. The van der Waals surface area contributed by atoms with Crippen LogP contribution in [0.3, 0.4) is 0 Å². The molecule has 5 heteroatoms. The summed E-state index contributed by atoms with van der Waals surface area (Å²) in [5, 5.41) is 8.83. The molecule has 98 valence electrons. The van der Waals surface area contributed by atoms with Gasteiger partial charge in [0.15, 0.2) is 0 Å². The predicted molar refractivity (Wildman–Crippen MR) is 66.5 cm³/mol. The lowest BCUT2D eigenvalue weighted by Gasteiger charge is -2.08. The van der Waals surface area contributed by atoms with Crippen LogP contribution in [0.25, 0.3) is 0 Å². The largest absolute Gasteiger partial charge is 0.354 e. The van der Waals surface area contributed by atoms with Gasteiger partial charge in [0, 0.05) is 38.0 Å². The fourth-order valence-electron chi connectivity index (χ4n) is 1.45. The molecule has 0 aliphatic heterocycles. The van der Waals surface area contributed by atoms with Crippen LogP contribution in [0.5, 0.6) is 0 Å². The van der Waals surface area contributed by atoms with E-state index in [0.29, 0.717) is 32.0 Å². The van der Waals surface area contributed by atoms with Crippen molar-refractivity contribution in [2.24, 2.45) is 0 Å². The summed E-state index contributed by atoms with van der Waals surface area (Å²) in [4.78, 5) is 22.6. The molecule has 0 spiro atoms. The Hall–Kier alpha value is -1.10. The minimum Gasteiger partial charge on any atom is -0.354 e. The molecule has 0 radical (unpaired) electrons. The van der Waals surface area contributed by atoms with Gasteiger partial charge in [-0.25, -0.2) is 0 Å². The SMILES string of the molecule is CC(C)NC(=O)CCNCCC(=O)NC1CC1. The molecule has 17 heavy (non-hydrogen) atoms. The van der Waals surface area contributed by atoms with Crippen LogP contribution in [0, 0.1) is 0 Å². The fraction of sp³-hybridized carbons (Fsp3) is 0.833. The van der Waals surface area contributed by atoms with Crippen molar-refractivity contribution in [1.82, 2.24) is 16.0 Å². The van der Waals surface area contributed by atoms with E-state index in [1.54, 1.807) is 0 Å². The monoisotopic (exact) mass is 241 g/mol. The van der Waals surface area contributed by atoms with Gasteiger partial charge in [-0.2, -0.15) is 0 Å². The molecular weight excluding hydrogens is 218 g/mol. The molecule has 1 rings (SSSR count). The summed E-state index contributed by atoms with van der Waals surface area (Å²) in [6.45, 7) is 5.13. The van der Waals surface area contributed by atoms with Crippen molar-refractivity contribution < 1.29 is 9.59 Å². The molecule has 0 aromatic heterocycles. The van der Waals surface area contributed by atoms with Crippen molar-refractivity contribution in [3.63, 3.8) is 0 Å². The number of carbonyl (C=O) groups is 2. The quantitative estimate of drug-likeness (QED) is 0.530. The molecule has 3 N–H and O–H groups in total. The summed E-state index contributed by atoms with van der Waals surface area (Å²) < 4.78 is 0. The predicted octanol–water partition coefficient (Wildman–Crippen LogP) is 0.159. The van der Waals surface area contributed by atoms with Gasteiger partial charge < -0.3 is 16.0 Å². The average molecular weight is 241 g/mol. The molecule has 0 aromatic rings. The zero-order valence-corrected chi connectivity index (χ0v) is 10.7.